The van der Waals surface area contributed by atoms with E-state index < -0.39 is 17.2 Å². The Morgan fingerprint density at radius 1 is 1.15 bits per heavy atom. The summed E-state index contributed by atoms with van der Waals surface area (Å²) < 4.78 is 13.1. The molecule has 0 unspecified atom stereocenters. The van der Waals surface area contributed by atoms with E-state index in [1.54, 1.807) is 13.8 Å². The highest BCUT2D eigenvalue weighted by atomic mass is 79.9. The summed E-state index contributed by atoms with van der Waals surface area (Å²) in [6, 6.07) is 8.05. The lowest BCUT2D eigenvalue weighted by Gasteiger charge is -2.14. The summed E-state index contributed by atoms with van der Waals surface area (Å²) in [4.78, 5) is 24.5. The van der Waals surface area contributed by atoms with E-state index in [1.165, 1.54) is 0 Å². The van der Waals surface area contributed by atoms with E-state index in [0.29, 0.717) is 5.16 Å². The number of nitrogens with zero attached hydrogens (tertiary/aromatic N) is 3. The molecule has 0 aliphatic heterocycles. The SMILES string of the molecule is CCOC(=O)C(Sc1nnc(-c2ccc(Br)cc2)n1C1CC1)C(=O)OCC. The van der Waals surface area contributed by atoms with Crippen molar-refractivity contribution in [1.82, 2.24) is 14.8 Å². The van der Waals surface area contributed by atoms with Gasteiger partial charge in [-0.1, -0.05) is 39.8 Å². The van der Waals surface area contributed by atoms with E-state index in [9.17, 15) is 9.59 Å². The third-order valence-corrected chi connectivity index (χ3v) is 5.54. The van der Waals surface area contributed by atoms with Crippen molar-refractivity contribution in [2.45, 2.75) is 43.1 Å². The van der Waals surface area contributed by atoms with Crippen LogP contribution in [0.2, 0.25) is 0 Å². The van der Waals surface area contributed by atoms with Crippen LogP contribution < -0.4 is 0 Å². The van der Waals surface area contributed by atoms with Gasteiger partial charge in [0.05, 0.1) is 13.2 Å². The molecule has 1 aliphatic carbocycles. The summed E-state index contributed by atoms with van der Waals surface area (Å²) in [6.45, 7) is 3.77. The van der Waals surface area contributed by atoms with E-state index in [0.717, 1.165) is 40.5 Å². The minimum atomic E-state index is -1.12. The van der Waals surface area contributed by atoms with E-state index in [4.69, 9.17) is 9.47 Å². The van der Waals surface area contributed by atoms with Crippen molar-refractivity contribution in [2.75, 3.05) is 13.2 Å². The van der Waals surface area contributed by atoms with Crippen LogP contribution >= 0.6 is 27.7 Å². The maximum Gasteiger partial charge on any atom is 0.331 e. The van der Waals surface area contributed by atoms with Gasteiger partial charge in [-0.2, -0.15) is 0 Å². The van der Waals surface area contributed by atoms with Gasteiger partial charge < -0.3 is 9.47 Å². The summed E-state index contributed by atoms with van der Waals surface area (Å²) >= 11 is 4.46. The van der Waals surface area contributed by atoms with Crippen molar-refractivity contribution in [3.8, 4) is 11.4 Å². The molecule has 1 aromatic heterocycles. The van der Waals surface area contributed by atoms with Crippen LogP contribution in [0, 0.1) is 0 Å². The van der Waals surface area contributed by atoms with Crippen molar-refractivity contribution < 1.29 is 19.1 Å². The zero-order valence-corrected chi connectivity index (χ0v) is 17.5. The topological polar surface area (TPSA) is 83.3 Å². The molecule has 0 saturated heterocycles. The number of carbonyl (C=O) groups is 2. The minimum absolute atomic E-state index is 0.189. The van der Waals surface area contributed by atoms with Gasteiger partial charge in [-0.05, 0) is 38.8 Å². The molecule has 0 spiro atoms. The van der Waals surface area contributed by atoms with Gasteiger partial charge in [0.1, 0.15) is 0 Å². The largest absolute Gasteiger partial charge is 0.465 e. The lowest BCUT2D eigenvalue weighted by atomic mass is 10.2. The number of carbonyl (C=O) groups excluding carboxylic acids is 2. The van der Waals surface area contributed by atoms with Gasteiger partial charge in [0.25, 0.3) is 0 Å². The number of hydrogen-bond acceptors (Lipinski definition) is 7. The molecule has 1 aliphatic rings. The average molecular weight is 454 g/mol. The molecule has 1 heterocycles. The minimum Gasteiger partial charge on any atom is -0.465 e. The van der Waals surface area contributed by atoms with Crippen LogP contribution in [0.5, 0.6) is 0 Å². The maximum atomic E-state index is 12.3. The molecule has 0 radical (unpaired) electrons. The summed E-state index contributed by atoms with van der Waals surface area (Å²) in [6.07, 6.45) is 2.03. The number of hydrogen-bond donors (Lipinski definition) is 0. The number of halogens is 1. The van der Waals surface area contributed by atoms with Crippen LogP contribution in [0.3, 0.4) is 0 Å². The van der Waals surface area contributed by atoms with Gasteiger partial charge >= 0.3 is 11.9 Å². The molecule has 9 heteroatoms. The number of benzene rings is 1. The predicted molar refractivity (Wildman–Crippen MR) is 104 cm³/mol. The molecule has 2 aromatic rings. The van der Waals surface area contributed by atoms with E-state index in [-0.39, 0.29) is 19.3 Å². The fourth-order valence-corrected chi connectivity index (χ4v) is 3.79. The highest BCUT2D eigenvalue weighted by Gasteiger charge is 2.36. The number of ether oxygens (including phenoxy) is 2. The van der Waals surface area contributed by atoms with Crippen molar-refractivity contribution in [2.24, 2.45) is 0 Å². The van der Waals surface area contributed by atoms with Crippen LogP contribution in [0.25, 0.3) is 11.4 Å². The summed E-state index contributed by atoms with van der Waals surface area (Å²) in [5, 5.41) is 7.96. The molecule has 7 nitrogen and oxygen atoms in total. The van der Waals surface area contributed by atoms with Gasteiger partial charge in [-0.3, -0.25) is 14.2 Å². The zero-order valence-electron chi connectivity index (χ0n) is 15.1. The second-order valence-electron chi connectivity index (χ2n) is 5.92. The number of aromatic nitrogens is 3. The Bertz CT molecular complexity index is 803. The molecule has 0 N–H and O–H groups in total. The summed E-state index contributed by atoms with van der Waals surface area (Å²) in [5.74, 6) is -0.535. The molecule has 27 heavy (non-hydrogen) atoms. The van der Waals surface area contributed by atoms with Gasteiger partial charge in [-0.15, -0.1) is 10.2 Å². The molecular weight excluding hydrogens is 434 g/mol. The molecule has 3 rings (SSSR count). The standard InChI is InChI=1S/C18H20BrN3O4S/c1-3-25-16(23)14(17(24)26-4-2)27-18-21-20-15(22(18)13-9-10-13)11-5-7-12(19)8-6-11/h5-8,13-14H,3-4,9-10H2,1-2H3. The third-order valence-electron chi connectivity index (χ3n) is 3.90. The predicted octanol–water partition coefficient (Wildman–Crippen LogP) is 3.63. The Labute approximate surface area is 169 Å². The number of rotatable bonds is 8. The molecule has 0 atom stereocenters. The Hall–Kier alpha value is -1.87. The second kappa shape index (κ2) is 8.88. The summed E-state index contributed by atoms with van der Waals surface area (Å²) in [7, 11) is 0. The summed E-state index contributed by atoms with van der Waals surface area (Å²) in [5.41, 5.74) is 0.924. The normalized spacial score (nSPS) is 13.6. The highest BCUT2D eigenvalue weighted by Crippen LogP contribution is 2.42. The lowest BCUT2D eigenvalue weighted by Crippen LogP contribution is -2.31. The lowest BCUT2D eigenvalue weighted by molar-refractivity contribution is -0.152. The maximum absolute atomic E-state index is 12.3. The van der Waals surface area contributed by atoms with Gasteiger partial charge in [-0.25, -0.2) is 0 Å². The Kier molecular flexibility index (Phi) is 6.54. The third kappa shape index (κ3) is 4.70. The Morgan fingerprint density at radius 3 is 2.26 bits per heavy atom. The molecule has 0 amide bonds. The molecular formula is C18H20BrN3O4S. The molecule has 1 saturated carbocycles. The van der Waals surface area contributed by atoms with Gasteiger partial charge in [0.15, 0.2) is 11.0 Å². The number of thioether (sulfide) groups is 1. The highest BCUT2D eigenvalue weighted by molar-refractivity contribution is 9.10. The van der Waals surface area contributed by atoms with E-state index in [2.05, 4.69) is 26.1 Å². The van der Waals surface area contributed by atoms with Crippen LogP contribution in [0.4, 0.5) is 0 Å². The van der Waals surface area contributed by atoms with Gasteiger partial charge in [0, 0.05) is 16.1 Å². The van der Waals surface area contributed by atoms with Crippen LogP contribution in [0.15, 0.2) is 33.9 Å². The zero-order chi connectivity index (χ0) is 19.4. The molecule has 0 bridgehead atoms. The van der Waals surface area contributed by atoms with Crippen molar-refractivity contribution in [3.63, 3.8) is 0 Å². The fraction of sp³-hybridized carbons (Fsp3) is 0.444. The van der Waals surface area contributed by atoms with E-state index >= 15 is 0 Å². The first-order valence-corrected chi connectivity index (χ1v) is 10.4. The van der Waals surface area contributed by atoms with Crippen LogP contribution in [0.1, 0.15) is 32.7 Å². The average Bonchev–Trinajstić information content (AvgIpc) is 3.40. The second-order valence-corrected chi connectivity index (χ2v) is 7.90. The van der Waals surface area contributed by atoms with Crippen LogP contribution in [-0.2, 0) is 19.1 Å². The molecule has 144 valence electrons. The van der Waals surface area contributed by atoms with Crippen molar-refractivity contribution >= 4 is 39.6 Å². The van der Waals surface area contributed by atoms with Crippen LogP contribution in [-0.4, -0.2) is 45.2 Å². The fourth-order valence-electron chi connectivity index (χ4n) is 2.55. The monoisotopic (exact) mass is 453 g/mol. The van der Waals surface area contributed by atoms with Crippen molar-refractivity contribution in [1.29, 1.82) is 0 Å². The van der Waals surface area contributed by atoms with E-state index in [1.807, 2.05) is 28.8 Å². The first-order chi connectivity index (χ1) is 13.0. The van der Waals surface area contributed by atoms with Gasteiger partial charge in [0.2, 0.25) is 5.25 Å². The molecule has 1 aromatic carbocycles. The number of esters is 2. The first kappa shape index (κ1) is 19.9. The Morgan fingerprint density at radius 2 is 1.74 bits per heavy atom. The first-order valence-electron chi connectivity index (χ1n) is 8.75. The smallest absolute Gasteiger partial charge is 0.331 e. The molecule has 1 fully saturated rings. The quantitative estimate of drug-likeness (QED) is 0.342. The van der Waals surface area contributed by atoms with Crippen molar-refractivity contribution in [3.05, 3.63) is 28.7 Å². The Balaban J connectivity index is 1.92.